The van der Waals surface area contributed by atoms with Gasteiger partial charge in [-0.05, 0) is 38.1 Å². The van der Waals surface area contributed by atoms with Gasteiger partial charge in [0.05, 0.1) is 7.11 Å². The summed E-state index contributed by atoms with van der Waals surface area (Å²) in [6.07, 6.45) is 0.231. The summed E-state index contributed by atoms with van der Waals surface area (Å²) in [5.41, 5.74) is 4.86. The highest BCUT2D eigenvalue weighted by molar-refractivity contribution is 5.73. The van der Waals surface area contributed by atoms with Crippen LogP contribution in [0.15, 0.2) is 24.3 Å². The van der Waals surface area contributed by atoms with E-state index >= 15 is 0 Å². The number of hydrogen-bond donors (Lipinski definition) is 2. The molecule has 1 unspecified atom stereocenters. The Morgan fingerprint density at radius 1 is 1.33 bits per heavy atom. The second kappa shape index (κ2) is 5.73. The molecule has 3 N–H and O–H groups in total. The van der Waals surface area contributed by atoms with Gasteiger partial charge in [-0.15, -0.1) is 0 Å². The molecule has 0 bridgehead atoms. The van der Waals surface area contributed by atoms with E-state index in [-0.39, 0.29) is 6.42 Å². The first-order chi connectivity index (χ1) is 8.34. The zero-order valence-electron chi connectivity index (χ0n) is 10.8. The van der Waals surface area contributed by atoms with Gasteiger partial charge >= 0.3 is 5.97 Å². The molecule has 0 fully saturated rings. The van der Waals surface area contributed by atoms with Gasteiger partial charge in [0, 0.05) is 6.42 Å². The molecule has 1 aromatic carbocycles. The van der Waals surface area contributed by atoms with Crippen LogP contribution in [0.2, 0.25) is 0 Å². The Bertz CT molecular complexity index is 400. The first-order valence-corrected chi connectivity index (χ1v) is 5.65. The number of hydrogen-bond acceptors (Lipinski definition) is 4. The van der Waals surface area contributed by atoms with Crippen LogP contribution in [-0.4, -0.2) is 29.8 Å². The minimum atomic E-state index is -1.03. The molecule has 100 valence electrons. The van der Waals surface area contributed by atoms with E-state index in [1.54, 1.807) is 45.2 Å². The van der Waals surface area contributed by atoms with Gasteiger partial charge in [-0.2, -0.15) is 0 Å². The zero-order chi connectivity index (χ0) is 13.8. The molecule has 0 spiro atoms. The zero-order valence-corrected chi connectivity index (χ0v) is 10.8. The van der Waals surface area contributed by atoms with Crippen molar-refractivity contribution in [3.05, 3.63) is 24.3 Å². The number of ether oxygens (including phenoxy) is 2. The van der Waals surface area contributed by atoms with Crippen molar-refractivity contribution in [2.24, 2.45) is 5.73 Å². The maximum Gasteiger partial charge on any atom is 0.320 e. The third kappa shape index (κ3) is 4.25. The van der Waals surface area contributed by atoms with Crippen molar-refractivity contribution in [2.45, 2.75) is 31.9 Å². The number of carboxylic acids is 1. The molecule has 0 saturated heterocycles. The van der Waals surface area contributed by atoms with Crippen LogP contribution in [0.5, 0.6) is 11.5 Å². The fourth-order valence-electron chi connectivity index (χ4n) is 1.62. The van der Waals surface area contributed by atoms with Gasteiger partial charge in [0.25, 0.3) is 0 Å². The van der Waals surface area contributed by atoms with E-state index < -0.39 is 17.6 Å². The van der Waals surface area contributed by atoms with Crippen LogP contribution in [0.25, 0.3) is 0 Å². The second-order valence-electron chi connectivity index (χ2n) is 4.69. The number of benzene rings is 1. The van der Waals surface area contributed by atoms with Gasteiger partial charge < -0.3 is 20.3 Å². The fraction of sp³-hybridized carbons (Fsp3) is 0.462. The van der Waals surface area contributed by atoms with Gasteiger partial charge in [-0.25, -0.2) is 0 Å². The normalized spacial score (nSPS) is 12.9. The first kappa shape index (κ1) is 14.3. The molecular formula is C13H19NO4. The lowest BCUT2D eigenvalue weighted by molar-refractivity contribution is -0.139. The predicted molar refractivity (Wildman–Crippen MR) is 67.9 cm³/mol. The maximum absolute atomic E-state index is 10.7. The highest BCUT2D eigenvalue weighted by atomic mass is 16.5. The monoisotopic (exact) mass is 253 g/mol. The van der Waals surface area contributed by atoms with E-state index in [0.717, 1.165) is 5.75 Å². The summed E-state index contributed by atoms with van der Waals surface area (Å²) in [5.74, 6) is 0.363. The summed E-state index contributed by atoms with van der Waals surface area (Å²) in [6, 6.07) is 6.17. The molecule has 1 rings (SSSR count). The van der Waals surface area contributed by atoms with Crippen LogP contribution in [0.3, 0.4) is 0 Å². The number of aliphatic carboxylic acids is 1. The third-order valence-corrected chi connectivity index (χ3v) is 2.48. The average Bonchev–Trinajstić information content (AvgIpc) is 2.28. The molecule has 1 aromatic rings. The van der Waals surface area contributed by atoms with Gasteiger partial charge in [-0.1, -0.05) is 0 Å². The van der Waals surface area contributed by atoms with Gasteiger partial charge in [0.15, 0.2) is 0 Å². The van der Waals surface area contributed by atoms with E-state index in [0.29, 0.717) is 5.75 Å². The fourth-order valence-corrected chi connectivity index (χ4v) is 1.62. The number of carbonyl (C=O) groups is 1. The van der Waals surface area contributed by atoms with Crippen LogP contribution in [-0.2, 0) is 4.79 Å². The Morgan fingerprint density at radius 3 is 2.28 bits per heavy atom. The van der Waals surface area contributed by atoms with Crippen molar-refractivity contribution in [1.82, 2.24) is 0 Å². The Balaban J connectivity index is 2.66. The minimum absolute atomic E-state index is 0.231. The maximum atomic E-state index is 10.7. The quantitative estimate of drug-likeness (QED) is 0.805. The Morgan fingerprint density at radius 2 is 1.83 bits per heavy atom. The van der Waals surface area contributed by atoms with Crippen molar-refractivity contribution in [1.29, 1.82) is 0 Å². The summed E-state index contributed by atoms with van der Waals surface area (Å²) in [7, 11) is 1.59. The van der Waals surface area contributed by atoms with Crippen LogP contribution < -0.4 is 15.2 Å². The van der Waals surface area contributed by atoms with Crippen molar-refractivity contribution in [3.63, 3.8) is 0 Å². The molecular weight excluding hydrogens is 234 g/mol. The lowest BCUT2D eigenvalue weighted by Gasteiger charge is -2.28. The molecule has 0 saturated carbocycles. The van der Waals surface area contributed by atoms with Crippen LogP contribution in [0.4, 0.5) is 0 Å². The van der Waals surface area contributed by atoms with Gasteiger partial charge in [-0.3, -0.25) is 4.79 Å². The molecule has 1 atom stereocenters. The average molecular weight is 253 g/mol. The summed E-state index contributed by atoms with van der Waals surface area (Å²) in [6.45, 7) is 3.61. The number of carboxylic acid groups (broad SMARTS) is 1. The minimum Gasteiger partial charge on any atom is -0.497 e. The number of nitrogens with two attached hydrogens (primary N) is 1. The predicted octanol–water partition coefficient (Wildman–Crippen LogP) is 1.65. The van der Waals surface area contributed by atoms with Gasteiger partial charge in [0.2, 0.25) is 0 Å². The van der Waals surface area contributed by atoms with E-state index in [2.05, 4.69) is 0 Å². The summed E-state index contributed by atoms with van der Waals surface area (Å²) in [4.78, 5) is 10.7. The largest absolute Gasteiger partial charge is 0.497 e. The molecule has 0 aliphatic carbocycles. The number of methoxy groups -OCH3 is 1. The molecule has 0 aliphatic heterocycles. The summed E-state index contributed by atoms with van der Waals surface area (Å²) < 4.78 is 10.8. The first-order valence-electron chi connectivity index (χ1n) is 5.65. The second-order valence-corrected chi connectivity index (χ2v) is 4.69. The molecule has 0 amide bonds. The van der Waals surface area contributed by atoms with Crippen molar-refractivity contribution < 1.29 is 19.4 Å². The van der Waals surface area contributed by atoms with E-state index in [4.69, 9.17) is 20.3 Å². The molecule has 0 heterocycles. The Hall–Kier alpha value is -1.75. The molecule has 5 heteroatoms. The summed E-state index contributed by atoms with van der Waals surface area (Å²) in [5, 5.41) is 8.78. The standard InChI is InChI=1S/C13H19NO4/c1-13(2,8-11(14)12(15)16)18-10-6-4-9(17-3)5-7-10/h4-7,11H,8,14H2,1-3H3,(H,15,16). The Kier molecular flexibility index (Phi) is 4.55. The SMILES string of the molecule is COc1ccc(OC(C)(C)CC(N)C(=O)O)cc1. The van der Waals surface area contributed by atoms with E-state index in [9.17, 15) is 4.79 Å². The lowest BCUT2D eigenvalue weighted by atomic mass is 9.99. The molecule has 18 heavy (non-hydrogen) atoms. The topological polar surface area (TPSA) is 81.8 Å². The lowest BCUT2D eigenvalue weighted by Crippen LogP contribution is -2.41. The van der Waals surface area contributed by atoms with Crippen LogP contribution in [0, 0.1) is 0 Å². The number of rotatable bonds is 6. The molecule has 0 aliphatic rings. The third-order valence-electron chi connectivity index (χ3n) is 2.48. The summed E-state index contributed by atoms with van der Waals surface area (Å²) >= 11 is 0. The molecule has 0 radical (unpaired) electrons. The van der Waals surface area contributed by atoms with E-state index in [1.807, 2.05) is 0 Å². The highest BCUT2D eigenvalue weighted by Gasteiger charge is 2.26. The molecule has 0 aromatic heterocycles. The van der Waals surface area contributed by atoms with Crippen LogP contribution in [0.1, 0.15) is 20.3 Å². The van der Waals surface area contributed by atoms with Crippen molar-refractivity contribution in [3.8, 4) is 11.5 Å². The van der Waals surface area contributed by atoms with E-state index in [1.165, 1.54) is 0 Å². The van der Waals surface area contributed by atoms with Gasteiger partial charge in [0.1, 0.15) is 23.1 Å². The Labute approximate surface area is 107 Å². The van der Waals surface area contributed by atoms with Crippen molar-refractivity contribution >= 4 is 5.97 Å². The van der Waals surface area contributed by atoms with Crippen molar-refractivity contribution in [2.75, 3.05) is 7.11 Å². The highest BCUT2D eigenvalue weighted by Crippen LogP contribution is 2.24. The smallest absolute Gasteiger partial charge is 0.320 e. The van der Waals surface area contributed by atoms with Crippen LogP contribution >= 0.6 is 0 Å². The molecule has 5 nitrogen and oxygen atoms in total.